The van der Waals surface area contributed by atoms with E-state index in [1.165, 1.54) is 18.3 Å². The highest BCUT2D eigenvalue weighted by atomic mass is 79.9. The van der Waals surface area contributed by atoms with Crippen molar-refractivity contribution in [3.63, 3.8) is 0 Å². The quantitative estimate of drug-likeness (QED) is 0.806. The highest BCUT2D eigenvalue weighted by molar-refractivity contribution is 9.10. The van der Waals surface area contributed by atoms with Gasteiger partial charge in [-0.1, -0.05) is 11.6 Å². The van der Waals surface area contributed by atoms with Gasteiger partial charge in [0.2, 0.25) is 0 Å². The summed E-state index contributed by atoms with van der Waals surface area (Å²) < 4.78 is 14.3. The normalized spacial score (nSPS) is 10.2. The Morgan fingerprint density at radius 2 is 2.05 bits per heavy atom. The van der Waals surface area contributed by atoms with Gasteiger partial charge >= 0.3 is 5.97 Å². The van der Waals surface area contributed by atoms with Crippen molar-refractivity contribution < 1.29 is 19.1 Å². The molecular formula is C13H7BrClFN2O3. The topological polar surface area (TPSA) is 79.3 Å². The van der Waals surface area contributed by atoms with Crippen LogP contribution in [0.15, 0.2) is 34.9 Å². The van der Waals surface area contributed by atoms with Gasteiger partial charge in [-0.25, -0.2) is 14.2 Å². The Bertz CT molecular complexity index is 739. The maximum atomic E-state index is 13.7. The Labute approximate surface area is 131 Å². The number of halogens is 3. The highest BCUT2D eigenvalue weighted by Gasteiger charge is 2.15. The van der Waals surface area contributed by atoms with Crippen LogP contribution >= 0.6 is 27.5 Å². The molecule has 0 saturated heterocycles. The molecule has 21 heavy (non-hydrogen) atoms. The van der Waals surface area contributed by atoms with Crippen LogP contribution in [0.25, 0.3) is 0 Å². The Morgan fingerprint density at radius 1 is 1.33 bits per heavy atom. The summed E-state index contributed by atoms with van der Waals surface area (Å²) in [5.41, 5.74) is -0.304. The van der Waals surface area contributed by atoms with Crippen molar-refractivity contribution in [1.82, 2.24) is 4.98 Å². The Morgan fingerprint density at radius 3 is 2.67 bits per heavy atom. The molecule has 0 atom stereocenters. The summed E-state index contributed by atoms with van der Waals surface area (Å²) in [5.74, 6) is -2.77. The fourth-order valence-corrected chi connectivity index (χ4v) is 2.04. The van der Waals surface area contributed by atoms with E-state index < -0.39 is 17.7 Å². The van der Waals surface area contributed by atoms with Gasteiger partial charge in [0.25, 0.3) is 5.91 Å². The number of carbonyl (C=O) groups excluding carboxylic acids is 1. The average Bonchev–Trinajstić information content (AvgIpc) is 2.43. The number of nitrogens with zero attached hydrogens (tertiary/aromatic N) is 1. The van der Waals surface area contributed by atoms with Crippen LogP contribution in [0.2, 0.25) is 5.15 Å². The number of benzene rings is 1. The van der Waals surface area contributed by atoms with Gasteiger partial charge in [-0.15, -0.1) is 0 Å². The number of hydrogen-bond acceptors (Lipinski definition) is 3. The van der Waals surface area contributed by atoms with Crippen LogP contribution in [0.5, 0.6) is 0 Å². The zero-order valence-electron chi connectivity index (χ0n) is 10.2. The summed E-state index contributed by atoms with van der Waals surface area (Å²) in [7, 11) is 0. The third-order valence-electron chi connectivity index (χ3n) is 2.51. The number of pyridine rings is 1. The number of hydrogen-bond donors (Lipinski definition) is 2. The van der Waals surface area contributed by atoms with Crippen LogP contribution in [0, 0.1) is 5.82 Å². The minimum atomic E-state index is -1.26. The van der Waals surface area contributed by atoms with Crippen molar-refractivity contribution in [2.75, 3.05) is 5.32 Å². The molecule has 0 aliphatic rings. The molecule has 1 heterocycles. The Balaban J connectivity index is 2.27. The van der Waals surface area contributed by atoms with E-state index in [4.69, 9.17) is 16.7 Å². The van der Waals surface area contributed by atoms with Crippen molar-refractivity contribution >= 4 is 45.1 Å². The summed E-state index contributed by atoms with van der Waals surface area (Å²) >= 11 is 8.95. The van der Waals surface area contributed by atoms with Gasteiger partial charge in [0.1, 0.15) is 11.0 Å². The molecule has 2 N–H and O–H groups in total. The summed E-state index contributed by atoms with van der Waals surface area (Å²) in [6.07, 6.45) is 1.42. The van der Waals surface area contributed by atoms with Crippen molar-refractivity contribution in [3.05, 3.63) is 57.0 Å². The molecule has 2 aromatic rings. The molecular weight excluding hydrogens is 367 g/mol. The van der Waals surface area contributed by atoms with E-state index in [0.29, 0.717) is 4.47 Å². The number of rotatable bonds is 3. The molecule has 0 unspecified atom stereocenters. The first kappa shape index (κ1) is 15.4. The lowest BCUT2D eigenvalue weighted by Crippen LogP contribution is -2.14. The largest absolute Gasteiger partial charge is 0.478 e. The summed E-state index contributed by atoms with van der Waals surface area (Å²) in [4.78, 5) is 26.5. The molecule has 1 amide bonds. The summed E-state index contributed by atoms with van der Waals surface area (Å²) in [6, 6.07) is 4.60. The number of anilines is 1. The van der Waals surface area contributed by atoms with E-state index >= 15 is 0 Å². The van der Waals surface area contributed by atoms with Crippen LogP contribution in [-0.2, 0) is 0 Å². The molecule has 1 aromatic carbocycles. The number of carboxylic acids is 1. The maximum absolute atomic E-state index is 13.7. The van der Waals surface area contributed by atoms with E-state index in [-0.39, 0.29) is 22.0 Å². The van der Waals surface area contributed by atoms with Crippen molar-refractivity contribution in [3.8, 4) is 0 Å². The molecule has 0 spiro atoms. The lowest BCUT2D eigenvalue weighted by atomic mass is 10.2. The van der Waals surface area contributed by atoms with Crippen molar-refractivity contribution in [1.29, 1.82) is 0 Å². The Kier molecular flexibility index (Phi) is 4.54. The maximum Gasteiger partial charge on any atom is 0.335 e. The van der Waals surface area contributed by atoms with Crippen LogP contribution in [0.3, 0.4) is 0 Å². The molecule has 0 aliphatic heterocycles. The SMILES string of the molecule is O=C(O)c1ccc(NC(=O)c2cc(Br)cnc2Cl)c(F)c1. The second-order valence-corrected chi connectivity index (χ2v) is 5.22. The van der Waals surface area contributed by atoms with Gasteiger partial charge in [-0.05, 0) is 40.2 Å². The number of carbonyl (C=O) groups is 2. The molecule has 5 nitrogen and oxygen atoms in total. The number of aromatic nitrogens is 1. The minimum absolute atomic E-state index is 0.0294. The average molecular weight is 374 g/mol. The van der Waals surface area contributed by atoms with Gasteiger partial charge in [0.15, 0.2) is 0 Å². The van der Waals surface area contributed by atoms with Gasteiger partial charge in [-0.3, -0.25) is 4.79 Å². The number of nitrogens with one attached hydrogen (secondary N) is 1. The fourth-order valence-electron chi connectivity index (χ4n) is 1.52. The predicted octanol–water partition coefficient (Wildman–Crippen LogP) is 3.59. The van der Waals surface area contributed by atoms with Gasteiger partial charge < -0.3 is 10.4 Å². The highest BCUT2D eigenvalue weighted by Crippen LogP contribution is 2.21. The standard InChI is InChI=1S/C13H7BrClFN2O3/c14-7-4-8(11(15)17-5-7)12(19)18-10-2-1-6(13(20)21)3-9(10)16/h1-5H,(H,18,19)(H,20,21). The molecule has 0 fully saturated rings. The van der Waals surface area contributed by atoms with Crippen LogP contribution in [0.4, 0.5) is 10.1 Å². The van der Waals surface area contributed by atoms with E-state index in [0.717, 1.165) is 12.1 Å². The summed E-state index contributed by atoms with van der Waals surface area (Å²) in [5, 5.41) is 11.0. The molecule has 0 aliphatic carbocycles. The van der Waals surface area contributed by atoms with Gasteiger partial charge in [-0.2, -0.15) is 0 Å². The smallest absolute Gasteiger partial charge is 0.335 e. The zero-order chi connectivity index (χ0) is 15.6. The number of carboxylic acid groups (broad SMARTS) is 1. The lowest BCUT2D eigenvalue weighted by Gasteiger charge is -2.08. The second kappa shape index (κ2) is 6.19. The second-order valence-electron chi connectivity index (χ2n) is 3.95. The van der Waals surface area contributed by atoms with E-state index in [2.05, 4.69) is 26.2 Å². The van der Waals surface area contributed by atoms with E-state index in [1.54, 1.807) is 0 Å². The molecule has 0 saturated carbocycles. The molecule has 2 rings (SSSR count). The van der Waals surface area contributed by atoms with Crippen LogP contribution in [0.1, 0.15) is 20.7 Å². The Hall–Kier alpha value is -1.99. The monoisotopic (exact) mass is 372 g/mol. The lowest BCUT2D eigenvalue weighted by molar-refractivity contribution is 0.0696. The van der Waals surface area contributed by atoms with Crippen molar-refractivity contribution in [2.24, 2.45) is 0 Å². The molecule has 8 heteroatoms. The molecule has 1 aromatic heterocycles. The predicted molar refractivity (Wildman–Crippen MR) is 78.3 cm³/mol. The first-order chi connectivity index (χ1) is 9.88. The zero-order valence-corrected chi connectivity index (χ0v) is 12.6. The fraction of sp³-hybridized carbons (Fsp3) is 0. The van der Waals surface area contributed by atoms with Gasteiger partial charge in [0, 0.05) is 10.7 Å². The van der Waals surface area contributed by atoms with Crippen LogP contribution < -0.4 is 5.32 Å². The van der Waals surface area contributed by atoms with Crippen molar-refractivity contribution in [2.45, 2.75) is 0 Å². The first-order valence-corrected chi connectivity index (χ1v) is 6.71. The van der Waals surface area contributed by atoms with Crippen LogP contribution in [-0.4, -0.2) is 22.0 Å². The minimum Gasteiger partial charge on any atom is -0.478 e. The van der Waals surface area contributed by atoms with Gasteiger partial charge in [0.05, 0.1) is 16.8 Å². The molecule has 0 radical (unpaired) electrons. The van der Waals surface area contributed by atoms with E-state index in [9.17, 15) is 14.0 Å². The third-order valence-corrected chi connectivity index (χ3v) is 3.25. The third kappa shape index (κ3) is 3.56. The molecule has 108 valence electrons. The summed E-state index contributed by atoms with van der Waals surface area (Å²) in [6.45, 7) is 0. The number of amides is 1. The first-order valence-electron chi connectivity index (χ1n) is 5.53. The molecule has 0 bridgehead atoms. The van der Waals surface area contributed by atoms with E-state index in [1.807, 2.05) is 0 Å². The number of aromatic carboxylic acids is 1.